The van der Waals surface area contributed by atoms with Crippen molar-refractivity contribution >= 4 is 40.8 Å². The lowest BCUT2D eigenvalue weighted by Gasteiger charge is -2.10. The van der Waals surface area contributed by atoms with Crippen LogP contribution in [0.3, 0.4) is 0 Å². The van der Waals surface area contributed by atoms with Crippen LogP contribution in [0, 0.1) is 5.82 Å². The minimum Gasteiger partial charge on any atom is -0.497 e. The molecule has 4 aromatic rings. The number of hydrogen-bond donors (Lipinski definition) is 4. The number of H-pyrrole nitrogens is 2. The van der Waals surface area contributed by atoms with Crippen molar-refractivity contribution in [3.63, 3.8) is 0 Å². The molecule has 0 unspecified atom stereocenters. The van der Waals surface area contributed by atoms with Gasteiger partial charge in [0.25, 0.3) is 0 Å². The van der Waals surface area contributed by atoms with E-state index in [1.807, 2.05) is 30.5 Å². The van der Waals surface area contributed by atoms with Gasteiger partial charge in [0.15, 0.2) is 11.8 Å². The van der Waals surface area contributed by atoms with Crippen LogP contribution in [0.1, 0.15) is 11.4 Å². The van der Waals surface area contributed by atoms with Gasteiger partial charge in [0, 0.05) is 36.3 Å². The number of benzene rings is 2. The molecule has 0 atom stereocenters. The maximum absolute atomic E-state index is 13.5. The van der Waals surface area contributed by atoms with E-state index in [0.29, 0.717) is 30.7 Å². The van der Waals surface area contributed by atoms with E-state index >= 15 is 0 Å². The summed E-state index contributed by atoms with van der Waals surface area (Å²) in [5.74, 6) is 2.51. The Balaban J connectivity index is 0.00000289. The van der Waals surface area contributed by atoms with Crippen LogP contribution in [0.2, 0.25) is 0 Å². The Morgan fingerprint density at radius 1 is 1.16 bits per heavy atom. The van der Waals surface area contributed by atoms with Crippen LogP contribution in [0.25, 0.3) is 22.3 Å². The number of hydrogen-bond acceptors (Lipinski definition) is 4. The van der Waals surface area contributed by atoms with Gasteiger partial charge < -0.3 is 20.4 Å². The predicted molar refractivity (Wildman–Crippen MR) is 134 cm³/mol. The Labute approximate surface area is 202 Å². The highest BCUT2D eigenvalue weighted by atomic mass is 127. The highest BCUT2D eigenvalue weighted by Gasteiger charge is 2.08. The predicted octanol–water partition coefficient (Wildman–Crippen LogP) is 3.63. The summed E-state index contributed by atoms with van der Waals surface area (Å²) in [7, 11) is 3.34. The van der Waals surface area contributed by atoms with Crippen molar-refractivity contribution in [3.8, 4) is 17.1 Å². The molecule has 0 spiro atoms. The molecule has 10 heteroatoms. The lowest BCUT2D eigenvalue weighted by molar-refractivity contribution is 0.415. The Morgan fingerprint density at radius 2 is 1.97 bits per heavy atom. The number of ether oxygens (including phenoxy) is 1. The minimum atomic E-state index is -0.236. The summed E-state index contributed by atoms with van der Waals surface area (Å²) in [4.78, 5) is 11.9. The summed E-state index contributed by atoms with van der Waals surface area (Å²) < 4.78 is 18.7. The molecule has 168 valence electrons. The number of aliphatic imine (C=N–C) groups is 1. The highest BCUT2D eigenvalue weighted by Crippen LogP contribution is 2.20. The van der Waals surface area contributed by atoms with Gasteiger partial charge in [-0.05, 0) is 54.4 Å². The minimum absolute atomic E-state index is 0. The SMILES string of the molecule is CN=C(NCCc1c[nH]c2ccc(F)cc12)NCc1nc(-c2ccc(OC)cc2)n[nH]1.I. The summed E-state index contributed by atoms with van der Waals surface area (Å²) in [6, 6.07) is 12.3. The fraction of sp³-hybridized carbons (Fsp3) is 0.227. The average molecular weight is 549 g/mol. The molecule has 0 aliphatic heterocycles. The van der Waals surface area contributed by atoms with E-state index in [0.717, 1.165) is 34.2 Å². The molecular formula is C22H25FIN7O. The molecule has 0 aliphatic rings. The third kappa shape index (κ3) is 5.55. The second kappa shape index (κ2) is 10.9. The van der Waals surface area contributed by atoms with E-state index in [-0.39, 0.29) is 29.8 Å². The van der Waals surface area contributed by atoms with Gasteiger partial charge in [0.2, 0.25) is 0 Å². The molecule has 0 saturated carbocycles. The van der Waals surface area contributed by atoms with Crippen molar-refractivity contribution in [3.05, 3.63) is 65.9 Å². The van der Waals surface area contributed by atoms with Crippen molar-refractivity contribution in [1.29, 1.82) is 0 Å². The van der Waals surface area contributed by atoms with E-state index in [1.54, 1.807) is 26.3 Å². The fourth-order valence-electron chi connectivity index (χ4n) is 3.30. The molecule has 4 N–H and O–H groups in total. The molecule has 2 aromatic carbocycles. The molecule has 0 saturated heterocycles. The lowest BCUT2D eigenvalue weighted by Crippen LogP contribution is -2.38. The van der Waals surface area contributed by atoms with Crippen LogP contribution in [0.15, 0.2) is 53.7 Å². The van der Waals surface area contributed by atoms with Crippen molar-refractivity contribution in [2.24, 2.45) is 4.99 Å². The number of fused-ring (bicyclic) bond motifs is 1. The smallest absolute Gasteiger partial charge is 0.191 e. The monoisotopic (exact) mass is 549 g/mol. The number of halogens is 2. The first-order valence-electron chi connectivity index (χ1n) is 9.92. The lowest BCUT2D eigenvalue weighted by atomic mass is 10.1. The van der Waals surface area contributed by atoms with E-state index in [2.05, 4.69) is 35.8 Å². The van der Waals surface area contributed by atoms with Crippen LogP contribution in [0.4, 0.5) is 4.39 Å². The highest BCUT2D eigenvalue weighted by molar-refractivity contribution is 14.0. The van der Waals surface area contributed by atoms with Gasteiger partial charge in [-0.1, -0.05) is 0 Å². The third-order valence-corrected chi connectivity index (χ3v) is 4.94. The number of methoxy groups -OCH3 is 1. The molecule has 0 aliphatic carbocycles. The van der Waals surface area contributed by atoms with Crippen LogP contribution >= 0.6 is 24.0 Å². The molecular weight excluding hydrogens is 524 g/mol. The zero-order valence-electron chi connectivity index (χ0n) is 17.8. The fourth-order valence-corrected chi connectivity index (χ4v) is 3.30. The molecule has 0 radical (unpaired) electrons. The van der Waals surface area contributed by atoms with Gasteiger partial charge in [-0.3, -0.25) is 10.1 Å². The van der Waals surface area contributed by atoms with Crippen LogP contribution < -0.4 is 15.4 Å². The van der Waals surface area contributed by atoms with E-state index < -0.39 is 0 Å². The molecule has 8 nitrogen and oxygen atoms in total. The Bertz CT molecular complexity index is 1190. The Kier molecular flexibility index (Phi) is 8.03. The zero-order chi connectivity index (χ0) is 21.6. The van der Waals surface area contributed by atoms with Crippen LogP contribution in [0.5, 0.6) is 5.75 Å². The maximum Gasteiger partial charge on any atom is 0.191 e. The number of nitrogens with one attached hydrogen (secondary N) is 4. The molecule has 2 aromatic heterocycles. The van der Waals surface area contributed by atoms with Gasteiger partial charge in [-0.25, -0.2) is 9.37 Å². The van der Waals surface area contributed by atoms with Crippen molar-refractivity contribution in [2.75, 3.05) is 20.7 Å². The van der Waals surface area contributed by atoms with E-state index in [9.17, 15) is 4.39 Å². The molecule has 0 bridgehead atoms. The summed E-state index contributed by atoms with van der Waals surface area (Å²) in [6.45, 7) is 1.10. The van der Waals surface area contributed by atoms with Gasteiger partial charge >= 0.3 is 0 Å². The van der Waals surface area contributed by atoms with Gasteiger partial charge in [-0.2, -0.15) is 5.10 Å². The Hall–Kier alpha value is -3.15. The van der Waals surface area contributed by atoms with Gasteiger partial charge in [0.1, 0.15) is 17.4 Å². The summed E-state index contributed by atoms with van der Waals surface area (Å²) in [5.41, 5.74) is 2.88. The molecule has 32 heavy (non-hydrogen) atoms. The Morgan fingerprint density at radius 3 is 2.72 bits per heavy atom. The topological polar surface area (TPSA) is 103 Å². The van der Waals surface area contributed by atoms with E-state index in [1.165, 1.54) is 6.07 Å². The molecule has 0 fully saturated rings. The van der Waals surface area contributed by atoms with Gasteiger partial charge in [-0.15, -0.1) is 24.0 Å². The average Bonchev–Trinajstić information content (AvgIpc) is 3.43. The zero-order valence-corrected chi connectivity index (χ0v) is 20.1. The first-order chi connectivity index (χ1) is 15.2. The van der Waals surface area contributed by atoms with Crippen LogP contribution in [-0.4, -0.2) is 46.8 Å². The molecule has 0 amide bonds. The normalized spacial score (nSPS) is 11.3. The summed E-state index contributed by atoms with van der Waals surface area (Å²) in [5, 5.41) is 14.6. The largest absolute Gasteiger partial charge is 0.497 e. The first-order valence-corrected chi connectivity index (χ1v) is 9.92. The maximum atomic E-state index is 13.5. The van der Waals surface area contributed by atoms with Crippen molar-refractivity contribution in [2.45, 2.75) is 13.0 Å². The number of aromatic amines is 2. The summed E-state index contributed by atoms with van der Waals surface area (Å²) in [6.07, 6.45) is 2.64. The second-order valence-electron chi connectivity index (χ2n) is 6.94. The first kappa shape index (κ1) is 23.5. The molecule has 2 heterocycles. The molecule has 4 rings (SSSR count). The summed E-state index contributed by atoms with van der Waals surface area (Å²) >= 11 is 0. The number of guanidine groups is 1. The number of nitrogens with zero attached hydrogens (tertiary/aromatic N) is 3. The van der Waals surface area contributed by atoms with E-state index in [4.69, 9.17) is 4.74 Å². The number of rotatable bonds is 7. The van der Waals surface area contributed by atoms with Crippen LogP contribution in [-0.2, 0) is 13.0 Å². The third-order valence-electron chi connectivity index (χ3n) is 4.94. The van der Waals surface area contributed by atoms with Crippen molar-refractivity contribution in [1.82, 2.24) is 30.8 Å². The van der Waals surface area contributed by atoms with Gasteiger partial charge in [0.05, 0.1) is 13.7 Å². The second-order valence-corrected chi connectivity index (χ2v) is 6.94. The van der Waals surface area contributed by atoms with Crippen molar-refractivity contribution < 1.29 is 9.13 Å². The number of aromatic nitrogens is 4. The quantitative estimate of drug-likeness (QED) is 0.160. The standard InChI is InChI=1S/C22H24FN7O.HI/c1-24-22(25-10-9-15-12-26-19-8-5-16(23)11-18(15)19)27-13-20-28-21(30-29-20)14-3-6-17(31-2)7-4-14;/h3-8,11-12,26H,9-10,13H2,1-2H3,(H2,24,25,27)(H,28,29,30);1H.